The number of hydrogen-bond donors (Lipinski definition) is 1. The van der Waals surface area contributed by atoms with E-state index in [-0.39, 0.29) is 0 Å². The van der Waals surface area contributed by atoms with Gasteiger partial charge in [0.2, 0.25) is 0 Å². The number of rotatable bonds is 2. The number of hydrogen-bond acceptors (Lipinski definition) is 4. The molecule has 1 aliphatic rings. The molecule has 1 aromatic rings. The highest BCUT2D eigenvalue weighted by Gasteiger charge is 2.21. The number of anilines is 1. The second-order valence-corrected chi connectivity index (χ2v) is 3.76. The van der Waals surface area contributed by atoms with Crippen LogP contribution in [0.4, 0.5) is 5.69 Å². The summed E-state index contributed by atoms with van der Waals surface area (Å²) < 4.78 is 0. The fraction of sp³-hybridized carbons (Fsp3) is 0.455. The molecule has 1 unspecified atom stereocenters. The summed E-state index contributed by atoms with van der Waals surface area (Å²) in [5, 5.41) is 12.3. The molecule has 1 saturated heterocycles. The van der Waals surface area contributed by atoms with Crippen molar-refractivity contribution in [2.75, 3.05) is 25.0 Å². The molecular weight excluding hydrogens is 188 g/mol. The van der Waals surface area contributed by atoms with E-state index in [1.807, 2.05) is 7.05 Å². The molecule has 0 aromatic carbocycles. The van der Waals surface area contributed by atoms with Crippen LogP contribution >= 0.6 is 0 Å². The zero-order valence-corrected chi connectivity index (χ0v) is 8.77. The van der Waals surface area contributed by atoms with Crippen molar-refractivity contribution < 1.29 is 0 Å². The zero-order valence-electron chi connectivity index (χ0n) is 8.77. The minimum absolute atomic E-state index is 0.473. The molecule has 0 amide bonds. The predicted octanol–water partition coefficient (Wildman–Crippen LogP) is 0.751. The number of likely N-dealkylation sites (N-methyl/N-ethyl adjacent to an activating group) is 1. The molecule has 1 N–H and O–H groups in total. The molecule has 4 heteroatoms. The van der Waals surface area contributed by atoms with Gasteiger partial charge in [-0.05, 0) is 19.0 Å². The van der Waals surface area contributed by atoms with Crippen molar-refractivity contribution in [2.45, 2.75) is 12.5 Å². The van der Waals surface area contributed by atoms with Crippen molar-refractivity contribution in [1.29, 1.82) is 5.26 Å². The quantitative estimate of drug-likeness (QED) is 0.769. The summed E-state index contributed by atoms with van der Waals surface area (Å²) >= 11 is 0. The lowest BCUT2D eigenvalue weighted by molar-refractivity contribution is 0.684. The van der Waals surface area contributed by atoms with E-state index < -0.39 is 0 Å². The van der Waals surface area contributed by atoms with E-state index in [1.54, 1.807) is 18.5 Å². The van der Waals surface area contributed by atoms with Crippen molar-refractivity contribution >= 4 is 5.69 Å². The Hall–Kier alpha value is -1.60. The van der Waals surface area contributed by atoms with Crippen molar-refractivity contribution in [2.24, 2.45) is 0 Å². The average molecular weight is 202 g/mol. The second kappa shape index (κ2) is 4.28. The van der Waals surface area contributed by atoms with E-state index in [0.717, 1.165) is 25.2 Å². The molecule has 0 spiro atoms. The highest BCUT2D eigenvalue weighted by Crippen LogP contribution is 2.21. The first-order chi connectivity index (χ1) is 7.33. The van der Waals surface area contributed by atoms with Gasteiger partial charge in [0.05, 0.1) is 17.4 Å². The normalized spacial score (nSPS) is 19.9. The van der Waals surface area contributed by atoms with Crippen LogP contribution in [-0.4, -0.2) is 31.2 Å². The van der Waals surface area contributed by atoms with Gasteiger partial charge >= 0.3 is 0 Å². The number of nitrogens with zero attached hydrogens (tertiary/aromatic N) is 3. The number of pyridine rings is 1. The summed E-state index contributed by atoms with van der Waals surface area (Å²) in [7, 11) is 2.02. The van der Waals surface area contributed by atoms with E-state index in [2.05, 4.69) is 21.3 Å². The molecule has 1 aliphatic heterocycles. The molecule has 0 aliphatic carbocycles. The lowest BCUT2D eigenvalue weighted by Gasteiger charge is -2.26. The fourth-order valence-corrected chi connectivity index (χ4v) is 1.93. The average Bonchev–Trinajstić information content (AvgIpc) is 2.81. The van der Waals surface area contributed by atoms with Gasteiger partial charge in [-0.3, -0.25) is 4.98 Å². The van der Waals surface area contributed by atoms with Crippen molar-refractivity contribution in [3.8, 4) is 6.07 Å². The Balaban J connectivity index is 2.24. The molecule has 0 saturated carbocycles. The summed E-state index contributed by atoms with van der Waals surface area (Å²) in [4.78, 5) is 6.22. The standard InChI is InChI=1S/C11H14N4/c1-15(10-3-5-13-7-10)11-8-14-4-2-9(11)6-12/h2,4,8,10,13H,3,5,7H2,1H3. The van der Waals surface area contributed by atoms with Crippen LogP contribution in [0, 0.1) is 11.3 Å². The van der Waals surface area contributed by atoms with Crippen LogP contribution < -0.4 is 10.2 Å². The van der Waals surface area contributed by atoms with Gasteiger partial charge in [0, 0.05) is 25.8 Å². The summed E-state index contributed by atoms with van der Waals surface area (Å²) in [5.41, 5.74) is 1.62. The Labute approximate surface area is 89.5 Å². The van der Waals surface area contributed by atoms with Crippen molar-refractivity contribution in [3.63, 3.8) is 0 Å². The topological polar surface area (TPSA) is 52.0 Å². The Bertz CT molecular complexity index is 376. The van der Waals surface area contributed by atoms with Gasteiger partial charge in [-0.25, -0.2) is 0 Å². The van der Waals surface area contributed by atoms with Gasteiger partial charge < -0.3 is 10.2 Å². The van der Waals surface area contributed by atoms with Crippen molar-refractivity contribution in [3.05, 3.63) is 24.0 Å². The van der Waals surface area contributed by atoms with Crippen LogP contribution in [0.1, 0.15) is 12.0 Å². The minimum atomic E-state index is 0.473. The van der Waals surface area contributed by atoms with Gasteiger partial charge in [-0.2, -0.15) is 5.26 Å². The van der Waals surface area contributed by atoms with E-state index in [4.69, 9.17) is 5.26 Å². The van der Waals surface area contributed by atoms with Gasteiger partial charge in [-0.1, -0.05) is 0 Å². The molecule has 1 aromatic heterocycles. The lowest BCUT2D eigenvalue weighted by atomic mass is 10.1. The first kappa shape index (κ1) is 9.94. The maximum atomic E-state index is 8.99. The third-order valence-electron chi connectivity index (χ3n) is 2.88. The molecule has 0 bridgehead atoms. The highest BCUT2D eigenvalue weighted by atomic mass is 15.2. The van der Waals surface area contributed by atoms with E-state index in [0.29, 0.717) is 11.6 Å². The second-order valence-electron chi connectivity index (χ2n) is 3.76. The maximum absolute atomic E-state index is 8.99. The Morgan fingerprint density at radius 3 is 3.20 bits per heavy atom. The molecule has 15 heavy (non-hydrogen) atoms. The summed E-state index contributed by atoms with van der Waals surface area (Å²) in [6.45, 7) is 2.04. The Kier molecular flexibility index (Phi) is 2.84. The van der Waals surface area contributed by atoms with E-state index >= 15 is 0 Å². The third kappa shape index (κ3) is 1.92. The molecule has 1 atom stereocenters. The lowest BCUT2D eigenvalue weighted by Crippen LogP contribution is -2.33. The maximum Gasteiger partial charge on any atom is 0.101 e. The predicted molar refractivity (Wildman–Crippen MR) is 58.6 cm³/mol. The smallest absolute Gasteiger partial charge is 0.101 e. The first-order valence-corrected chi connectivity index (χ1v) is 5.10. The third-order valence-corrected chi connectivity index (χ3v) is 2.88. The van der Waals surface area contributed by atoms with Crippen LogP contribution in [0.25, 0.3) is 0 Å². The Morgan fingerprint density at radius 2 is 2.53 bits per heavy atom. The van der Waals surface area contributed by atoms with Crippen LogP contribution in [0.15, 0.2) is 18.5 Å². The number of aromatic nitrogens is 1. The molecule has 78 valence electrons. The van der Waals surface area contributed by atoms with Gasteiger partial charge in [0.15, 0.2) is 0 Å². The molecular formula is C11H14N4. The van der Waals surface area contributed by atoms with Crippen molar-refractivity contribution in [1.82, 2.24) is 10.3 Å². The molecule has 1 fully saturated rings. The number of nitrogens with one attached hydrogen (secondary N) is 1. The minimum Gasteiger partial charge on any atom is -0.368 e. The summed E-state index contributed by atoms with van der Waals surface area (Å²) in [6.07, 6.45) is 4.54. The number of nitriles is 1. The summed E-state index contributed by atoms with van der Waals surface area (Å²) in [6, 6.07) is 4.43. The van der Waals surface area contributed by atoms with E-state index in [9.17, 15) is 0 Å². The van der Waals surface area contributed by atoms with Crippen LogP contribution in [0.2, 0.25) is 0 Å². The SMILES string of the molecule is CN(c1cnccc1C#N)C1CCNC1. The van der Waals surface area contributed by atoms with Gasteiger partial charge in [0.25, 0.3) is 0 Å². The van der Waals surface area contributed by atoms with Crippen LogP contribution in [-0.2, 0) is 0 Å². The van der Waals surface area contributed by atoms with Crippen LogP contribution in [0.3, 0.4) is 0 Å². The van der Waals surface area contributed by atoms with Gasteiger partial charge in [0.1, 0.15) is 6.07 Å². The first-order valence-electron chi connectivity index (χ1n) is 5.10. The molecule has 2 rings (SSSR count). The van der Waals surface area contributed by atoms with E-state index in [1.165, 1.54) is 0 Å². The highest BCUT2D eigenvalue weighted by molar-refractivity contribution is 5.57. The molecule has 4 nitrogen and oxygen atoms in total. The summed E-state index contributed by atoms with van der Waals surface area (Å²) in [5.74, 6) is 0. The zero-order chi connectivity index (χ0) is 10.7. The molecule has 0 radical (unpaired) electrons. The fourth-order valence-electron chi connectivity index (χ4n) is 1.93. The largest absolute Gasteiger partial charge is 0.368 e. The Morgan fingerprint density at radius 1 is 1.67 bits per heavy atom. The van der Waals surface area contributed by atoms with Crippen LogP contribution in [0.5, 0.6) is 0 Å². The van der Waals surface area contributed by atoms with Gasteiger partial charge in [-0.15, -0.1) is 0 Å². The molecule has 2 heterocycles. The monoisotopic (exact) mass is 202 g/mol.